The Morgan fingerprint density at radius 1 is 1.25 bits per heavy atom. The summed E-state index contributed by atoms with van der Waals surface area (Å²) in [7, 11) is 1.62. The molecule has 1 aliphatic carbocycles. The van der Waals surface area contributed by atoms with Crippen LogP contribution in [0.3, 0.4) is 0 Å². The van der Waals surface area contributed by atoms with Crippen molar-refractivity contribution >= 4 is 5.78 Å². The number of furan rings is 1. The van der Waals surface area contributed by atoms with Crippen molar-refractivity contribution in [3.05, 3.63) is 23.7 Å². The summed E-state index contributed by atoms with van der Waals surface area (Å²) >= 11 is 0. The Hall–Kier alpha value is -1.09. The first-order valence-electron chi connectivity index (χ1n) is 7.53. The normalized spacial score (nSPS) is 23.8. The Morgan fingerprint density at radius 3 is 2.45 bits per heavy atom. The maximum atomic E-state index is 12.4. The Kier molecular flexibility index (Phi) is 4.69. The summed E-state index contributed by atoms with van der Waals surface area (Å²) < 4.78 is 10.6. The molecule has 2 rings (SSSR count). The third-order valence-corrected chi connectivity index (χ3v) is 4.51. The van der Waals surface area contributed by atoms with Gasteiger partial charge in [-0.25, -0.2) is 0 Å². The number of carbonyl (C=O) groups is 1. The molecule has 1 aromatic rings. The predicted molar refractivity (Wildman–Crippen MR) is 78.7 cm³/mol. The van der Waals surface area contributed by atoms with Crippen molar-refractivity contribution in [2.45, 2.75) is 53.1 Å². The molecule has 1 heterocycles. The fourth-order valence-electron chi connectivity index (χ4n) is 3.15. The highest BCUT2D eigenvalue weighted by Gasteiger charge is 2.33. The third-order valence-electron chi connectivity index (χ3n) is 4.51. The van der Waals surface area contributed by atoms with E-state index in [1.165, 1.54) is 0 Å². The molecule has 0 amide bonds. The first kappa shape index (κ1) is 15.3. The molecule has 1 fully saturated rings. The summed E-state index contributed by atoms with van der Waals surface area (Å²) in [4.78, 5) is 12.4. The van der Waals surface area contributed by atoms with Crippen LogP contribution in [-0.2, 0) is 11.3 Å². The molecule has 0 N–H and O–H groups in total. The van der Waals surface area contributed by atoms with E-state index in [1.807, 2.05) is 6.07 Å². The molecule has 20 heavy (non-hydrogen) atoms. The second-order valence-corrected chi connectivity index (χ2v) is 6.98. The summed E-state index contributed by atoms with van der Waals surface area (Å²) in [5.41, 5.74) is 0.352. The van der Waals surface area contributed by atoms with Gasteiger partial charge in [0.1, 0.15) is 12.4 Å². The zero-order valence-corrected chi connectivity index (χ0v) is 13.1. The van der Waals surface area contributed by atoms with Crippen molar-refractivity contribution in [1.29, 1.82) is 0 Å². The van der Waals surface area contributed by atoms with Crippen molar-refractivity contribution in [2.24, 2.45) is 17.3 Å². The summed E-state index contributed by atoms with van der Waals surface area (Å²) in [6, 6.07) is 3.62. The van der Waals surface area contributed by atoms with Gasteiger partial charge in [-0.15, -0.1) is 0 Å². The third kappa shape index (κ3) is 3.51. The second-order valence-electron chi connectivity index (χ2n) is 6.98. The van der Waals surface area contributed by atoms with Crippen molar-refractivity contribution in [3.8, 4) is 0 Å². The van der Waals surface area contributed by atoms with E-state index in [1.54, 1.807) is 13.2 Å². The Balaban J connectivity index is 1.94. The van der Waals surface area contributed by atoms with E-state index in [-0.39, 0.29) is 11.7 Å². The minimum Gasteiger partial charge on any atom is -0.456 e. The molecule has 0 atom stereocenters. The lowest BCUT2D eigenvalue weighted by atomic mass is 9.69. The van der Waals surface area contributed by atoms with Gasteiger partial charge < -0.3 is 9.15 Å². The molecule has 1 aliphatic rings. The van der Waals surface area contributed by atoms with Gasteiger partial charge in [-0.3, -0.25) is 4.79 Å². The number of hydrogen-bond acceptors (Lipinski definition) is 3. The Bertz CT molecular complexity index is 445. The van der Waals surface area contributed by atoms with Crippen LogP contribution in [0.25, 0.3) is 0 Å². The average Bonchev–Trinajstić information content (AvgIpc) is 2.86. The summed E-state index contributed by atoms with van der Waals surface area (Å²) in [5.74, 6) is 2.25. The lowest BCUT2D eigenvalue weighted by Gasteiger charge is -2.36. The van der Waals surface area contributed by atoms with Gasteiger partial charge >= 0.3 is 0 Å². The highest BCUT2D eigenvalue weighted by Crippen LogP contribution is 2.40. The minimum absolute atomic E-state index is 0.134. The number of ether oxygens (including phenoxy) is 1. The molecule has 0 aromatic carbocycles. The zero-order chi connectivity index (χ0) is 14.8. The molecule has 1 aromatic heterocycles. The largest absolute Gasteiger partial charge is 0.456 e. The van der Waals surface area contributed by atoms with Gasteiger partial charge in [-0.05, 0) is 49.1 Å². The number of rotatable bonds is 4. The lowest BCUT2D eigenvalue weighted by Crippen LogP contribution is -2.28. The number of Topliss-reactive ketones (excluding diaryl/α,β-unsaturated/α-hetero) is 1. The molecular weight excluding hydrogens is 252 g/mol. The van der Waals surface area contributed by atoms with E-state index in [2.05, 4.69) is 20.8 Å². The molecule has 3 nitrogen and oxygen atoms in total. The lowest BCUT2D eigenvalue weighted by molar-refractivity contribution is 0.0784. The minimum atomic E-state index is 0.134. The van der Waals surface area contributed by atoms with E-state index in [9.17, 15) is 4.79 Å². The van der Waals surface area contributed by atoms with E-state index in [0.717, 1.165) is 37.4 Å². The highest BCUT2D eigenvalue weighted by molar-refractivity contribution is 5.95. The quantitative estimate of drug-likeness (QED) is 0.763. The second kappa shape index (κ2) is 6.13. The van der Waals surface area contributed by atoms with Crippen LogP contribution in [0, 0.1) is 17.3 Å². The molecule has 1 saturated carbocycles. The summed E-state index contributed by atoms with van der Waals surface area (Å²) in [6.45, 7) is 7.31. The molecular formula is C17H26O3. The molecule has 0 bridgehead atoms. The molecule has 0 radical (unpaired) electrons. The van der Waals surface area contributed by atoms with Gasteiger partial charge in [0.05, 0.1) is 0 Å². The molecule has 0 spiro atoms. The molecule has 3 heteroatoms. The van der Waals surface area contributed by atoms with Crippen LogP contribution in [0.15, 0.2) is 16.5 Å². The molecule has 0 aliphatic heterocycles. The van der Waals surface area contributed by atoms with Gasteiger partial charge in [0.2, 0.25) is 5.78 Å². The number of ketones is 1. The monoisotopic (exact) mass is 278 g/mol. The average molecular weight is 278 g/mol. The van der Waals surface area contributed by atoms with Crippen LogP contribution in [-0.4, -0.2) is 12.9 Å². The standard InChI is InChI=1S/C17H26O3/c1-17(2,3)13-7-5-12(6-8-13)16(18)15-10-9-14(20-15)11-19-4/h9-10,12-13H,5-8,11H2,1-4H3. The Morgan fingerprint density at radius 2 is 1.90 bits per heavy atom. The number of carbonyl (C=O) groups excluding carboxylic acids is 1. The van der Waals surface area contributed by atoms with Crippen LogP contribution in [0.2, 0.25) is 0 Å². The summed E-state index contributed by atoms with van der Waals surface area (Å²) in [5, 5.41) is 0. The van der Waals surface area contributed by atoms with Gasteiger partial charge in [-0.1, -0.05) is 20.8 Å². The maximum absolute atomic E-state index is 12.4. The highest BCUT2D eigenvalue weighted by atomic mass is 16.5. The first-order valence-corrected chi connectivity index (χ1v) is 7.53. The van der Waals surface area contributed by atoms with Crippen LogP contribution < -0.4 is 0 Å². The van der Waals surface area contributed by atoms with Crippen molar-refractivity contribution in [2.75, 3.05) is 7.11 Å². The molecule has 112 valence electrons. The SMILES string of the molecule is COCc1ccc(C(=O)C2CCC(C(C)(C)C)CC2)o1. The van der Waals surface area contributed by atoms with E-state index >= 15 is 0 Å². The smallest absolute Gasteiger partial charge is 0.201 e. The topological polar surface area (TPSA) is 39.4 Å². The van der Waals surface area contributed by atoms with Gasteiger partial charge in [-0.2, -0.15) is 0 Å². The van der Waals surface area contributed by atoms with Crippen molar-refractivity contribution < 1.29 is 13.9 Å². The molecule has 0 saturated heterocycles. The molecule has 0 unspecified atom stereocenters. The van der Waals surface area contributed by atoms with Crippen LogP contribution in [0.5, 0.6) is 0 Å². The van der Waals surface area contributed by atoms with Crippen molar-refractivity contribution in [3.63, 3.8) is 0 Å². The Labute approximate surface area is 121 Å². The maximum Gasteiger partial charge on any atom is 0.201 e. The van der Waals surface area contributed by atoms with E-state index in [0.29, 0.717) is 17.8 Å². The van der Waals surface area contributed by atoms with Crippen LogP contribution in [0.4, 0.5) is 0 Å². The van der Waals surface area contributed by atoms with Crippen molar-refractivity contribution in [1.82, 2.24) is 0 Å². The first-order chi connectivity index (χ1) is 9.41. The number of methoxy groups -OCH3 is 1. The van der Waals surface area contributed by atoms with Crippen LogP contribution >= 0.6 is 0 Å². The van der Waals surface area contributed by atoms with E-state index < -0.39 is 0 Å². The van der Waals surface area contributed by atoms with Gasteiger partial charge in [0, 0.05) is 13.0 Å². The predicted octanol–water partition coefficient (Wildman–Crippen LogP) is 4.46. The van der Waals surface area contributed by atoms with E-state index in [4.69, 9.17) is 9.15 Å². The van der Waals surface area contributed by atoms with Gasteiger partial charge in [0.25, 0.3) is 0 Å². The zero-order valence-electron chi connectivity index (χ0n) is 13.1. The van der Waals surface area contributed by atoms with Gasteiger partial charge in [0.15, 0.2) is 5.76 Å². The summed E-state index contributed by atoms with van der Waals surface area (Å²) in [6.07, 6.45) is 4.26. The fourth-order valence-corrected chi connectivity index (χ4v) is 3.15. The number of hydrogen-bond donors (Lipinski definition) is 0. The fraction of sp³-hybridized carbons (Fsp3) is 0.706. The van der Waals surface area contributed by atoms with Crippen LogP contribution in [0.1, 0.15) is 62.8 Å².